The summed E-state index contributed by atoms with van der Waals surface area (Å²) in [7, 11) is 0. The van der Waals surface area contributed by atoms with Crippen LogP contribution in [0, 0.1) is 0 Å². The van der Waals surface area contributed by atoms with Crippen molar-refractivity contribution in [2.75, 3.05) is 13.2 Å². The Morgan fingerprint density at radius 3 is 2.77 bits per heavy atom. The van der Waals surface area contributed by atoms with E-state index in [9.17, 15) is 20.1 Å². The zero-order valence-corrected chi connectivity index (χ0v) is 11.9. The molecule has 0 saturated heterocycles. The number of hydrogen-bond donors (Lipinski definition) is 3. The van der Waals surface area contributed by atoms with Gasteiger partial charge in [0.05, 0.1) is 6.61 Å². The summed E-state index contributed by atoms with van der Waals surface area (Å²) in [6.07, 6.45) is 3.77. The molecule has 22 heavy (non-hydrogen) atoms. The van der Waals surface area contributed by atoms with Crippen molar-refractivity contribution in [1.82, 2.24) is 0 Å². The molecule has 1 aliphatic carbocycles. The van der Waals surface area contributed by atoms with E-state index in [0.29, 0.717) is 30.8 Å². The number of allylic oxidation sites excluding steroid dienone is 3. The standard InChI is InChI=1S/C17H16O5/c18-5-3-10-7-15(20)16(21)9-14(10)12-4-6-22-17-8-11(19)1-2-13(12)17/h1-2,7-9,18-19,21H,3-6H2/b14-12+. The van der Waals surface area contributed by atoms with Crippen LogP contribution in [0.2, 0.25) is 0 Å². The Kier molecular flexibility index (Phi) is 3.73. The van der Waals surface area contributed by atoms with Gasteiger partial charge < -0.3 is 20.1 Å². The topological polar surface area (TPSA) is 87.0 Å². The van der Waals surface area contributed by atoms with Gasteiger partial charge in [-0.3, -0.25) is 4.79 Å². The minimum absolute atomic E-state index is 0.0799. The van der Waals surface area contributed by atoms with E-state index in [1.165, 1.54) is 12.2 Å². The number of ether oxygens (including phenoxy) is 1. The summed E-state index contributed by atoms with van der Waals surface area (Å²) in [4.78, 5) is 11.6. The average Bonchev–Trinajstić information content (AvgIpc) is 2.50. The van der Waals surface area contributed by atoms with Gasteiger partial charge in [-0.1, -0.05) is 0 Å². The molecule has 0 aromatic heterocycles. The second-order valence-electron chi connectivity index (χ2n) is 5.21. The molecule has 2 aliphatic rings. The molecule has 114 valence electrons. The van der Waals surface area contributed by atoms with Gasteiger partial charge in [-0.25, -0.2) is 0 Å². The number of hydrogen-bond acceptors (Lipinski definition) is 5. The summed E-state index contributed by atoms with van der Waals surface area (Å²) in [6, 6.07) is 4.87. The zero-order valence-electron chi connectivity index (χ0n) is 11.9. The molecule has 1 aromatic carbocycles. The molecule has 1 aliphatic heterocycles. The van der Waals surface area contributed by atoms with Crippen molar-refractivity contribution < 1.29 is 24.9 Å². The number of fused-ring (bicyclic) bond motifs is 1. The predicted molar refractivity (Wildman–Crippen MR) is 80.6 cm³/mol. The molecule has 5 nitrogen and oxygen atoms in total. The number of aliphatic hydroxyl groups excluding tert-OH is 2. The number of aromatic hydroxyl groups is 1. The van der Waals surface area contributed by atoms with Gasteiger partial charge in [0.25, 0.3) is 0 Å². The van der Waals surface area contributed by atoms with Gasteiger partial charge in [0.15, 0.2) is 5.76 Å². The molecule has 1 heterocycles. The molecule has 1 aromatic rings. The zero-order chi connectivity index (χ0) is 15.7. The Hall–Kier alpha value is -2.53. The number of ketones is 1. The smallest absolute Gasteiger partial charge is 0.220 e. The van der Waals surface area contributed by atoms with Gasteiger partial charge in [0.2, 0.25) is 5.78 Å². The molecule has 0 fully saturated rings. The molecular formula is C17H16O5. The molecule has 0 atom stereocenters. The van der Waals surface area contributed by atoms with E-state index in [-0.39, 0.29) is 18.1 Å². The van der Waals surface area contributed by atoms with Crippen molar-refractivity contribution in [2.24, 2.45) is 0 Å². The molecule has 0 spiro atoms. The first kappa shape index (κ1) is 14.4. The van der Waals surface area contributed by atoms with Crippen LogP contribution in [0.1, 0.15) is 18.4 Å². The SMILES string of the molecule is O=C1C=C(CCO)/C(=C2\CCOc3cc(O)ccc32)C=C1O. The van der Waals surface area contributed by atoms with Crippen LogP contribution < -0.4 is 4.74 Å². The van der Waals surface area contributed by atoms with E-state index in [4.69, 9.17) is 4.74 Å². The number of benzene rings is 1. The van der Waals surface area contributed by atoms with E-state index in [2.05, 4.69) is 0 Å². The Balaban J connectivity index is 2.17. The van der Waals surface area contributed by atoms with Crippen LogP contribution in [-0.4, -0.2) is 34.3 Å². The third kappa shape index (κ3) is 2.51. The van der Waals surface area contributed by atoms with Gasteiger partial charge >= 0.3 is 0 Å². The first-order chi connectivity index (χ1) is 10.6. The molecule has 3 rings (SSSR count). The normalized spacial score (nSPS) is 20.9. The van der Waals surface area contributed by atoms with Crippen LogP contribution in [0.5, 0.6) is 11.5 Å². The van der Waals surface area contributed by atoms with E-state index in [0.717, 1.165) is 16.7 Å². The third-order valence-electron chi connectivity index (χ3n) is 3.79. The van der Waals surface area contributed by atoms with Crippen molar-refractivity contribution in [3.8, 4) is 11.5 Å². The van der Waals surface area contributed by atoms with Crippen molar-refractivity contribution in [1.29, 1.82) is 0 Å². The molecule has 0 radical (unpaired) electrons. The fourth-order valence-corrected chi connectivity index (χ4v) is 2.78. The number of phenolic OH excluding ortho intramolecular Hbond substituents is 1. The lowest BCUT2D eigenvalue weighted by molar-refractivity contribution is -0.113. The second-order valence-corrected chi connectivity index (χ2v) is 5.21. The highest BCUT2D eigenvalue weighted by Crippen LogP contribution is 2.40. The molecule has 5 heteroatoms. The molecule has 0 bridgehead atoms. The van der Waals surface area contributed by atoms with Crippen molar-refractivity contribution in [3.63, 3.8) is 0 Å². The van der Waals surface area contributed by atoms with Crippen LogP contribution in [0.15, 0.2) is 47.3 Å². The Labute approximate surface area is 127 Å². The maximum atomic E-state index is 11.6. The molecule has 0 unspecified atom stereocenters. The van der Waals surface area contributed by atoms with E-state index in [1.807, 2.05) is 0 Å². The van der Waals surface area contributed by atoms with Crippen molar-refractivity contribution in [3.05, 3.63) is 52.8 Å². The predicted octanol–water partition coefficient (Wildman–Crippen LogP) is 2.26. The van der Waals surface area contributed by atoms with Gasteiger partial charge in [0.1, 0.15) is 11.5 Å². The van der Waals surface area contributed by atoms with Crippen molar-refractivity contribution >= 4 is 11.4 Å². The maximum Gasteiger partial charge on any atom is 0.220 e. The van der Waals surface area contributed by atoms with Gasteiger partial charge in [-0.05, 0) is 47.4 Å². The lowest BCUT2D eigenvalue weighted by atomic mass is 9.86. The highest BCUT2D eigenvalue weighted by Gasteiger charge is 2.24. The van der Waals surface area contributed by atoms with Crippen LogP contribution in [-0.2, 0) is 4.79 Å². The van der Waals surface area contributed by atoms with E-state index < -0.39 is 5.78 Å². The summed E-state index contributed by atoms with van der Waals surface area (Å²) in [6.45, 7) is 0.369. The minimum atomic E-state index is -0.453. The number of rotatable bonds is 2. The summed E-state index contributed by atoms with van der Waals surface area (Å²) in [5.41, 5.74) is 3.18. The average molecular weight is 300 g/mol. The monoisotopic (exact) mass is 300 g/mol. The highest BCUT2D eigenvalue weighted by atomic mass is 16.5. The minimum Gasteiger partial charge on any atom is -0.508 e. The molecule has 0 amide bonds. The molecule has 3 N–H and O–H groups in total. The lowest BCUT2D eigenvalue weighted by Gasteiger charge is -2.24. The first-order valence-corrected chi connectivity index (χ1v) is 7.06. The first-order valence-electron chi connectivity index (χ1n) is 7.06. The largest absolute Gasteiger partial charge is 0.508 e. The van der Waals surface area contributed by atoms with E-state index in [1.54, 1.807) is 18.2 Å². The molecular weight excluding hydrogens is 284 g/mol. The fraction of sp³-hybridized carbons (Fsp3) is 0.235. The van der Waals surface area contributed by atoms with Gasteiger partial charge in [-0.2, -0.15) is 0 Å². The Morgan fingerprint density at radius 2 is 2.00 bits per heavy atom. The fourth-order valence-electron chi connectivity index (χ4n) is 2.78. The number of carbonyl (C=O) groups is 1. The highest BCUT2D eigenvalue weighted by molar-refractivity contribution is 6.06. The van der Waals surface area contributed by atoms with Crippen molar-refractivity contribution in [2.45, 2.75) is 12.8 Å². The van der Waals surface area contributed by atoms with Crippen LogP contribution >= 0.6 is 0 Å². The number of carbonyl (C=O) groups excluding carboxylic acids is 1. The van der Waals surface area contributed by atoms with Crippen LogP contribution in [0.25, 0.3) is 5.57 Å². The Bertz CT molecular complexity index is 725. The second kappa shape index (κ2) is 5.69. The third-order valence-corrected chi connectivity index (χ3v) is 3.79. The maximum absolute atomic E-state index is 11.6. The van der Waals surface area contributed by atoms with Gasteiger partial charge in [-0.15, -0.1) is 0 Å². The number of aliphatic hydroxyl groups is 2. The van der Waals surface area contributed by atoms with Gasteiger partial charge in [0, 0.05) is 24.7 Å². The van der Waals surface area contributed by atoms with E-state index >= 15 is 0 Å². The summed E-state index contributed by atoms with van der Waals surface area (Å²) in [5, 5.41) is 28.5. The van der Waals surface area contributed by atoms with Crippen LogP contribution in [0.4, 0.5) is 0 Å². The Morgan fingerprint density at radius 1 is 1.18 bits per heavy atom. The van der Waals surface area contributed by atoms with Crippen LogP contribution in [0.3, 0.4) is 0 Å². The summed E-state index contributed by atoms with van der Waals surface area (Å²) >= 11 is 0. The number of phenols is 1. The summed E-state index contributed by atoms with van der Waals surface area (Å²) < 4.78 is 5.56. The summed E-state index contributed by atoms with van der Waals surface area (Å²) in [5.74, 6) is -0.0722. The lowest BCUT2D eigenvalue weighted by Crippen LogP contribution is -2.13. The molecule has 0 saturated carbocycles. The quantitative estimate of drug-likeness (QED) is 0.780.